The standard InChI is InChI=1S/C14H24N4/c1-9(2)12-13(15)16-8-17-14(12)18(10(3)4)7-11-5-6-11/h8-11H,5-7H2,1-4H3,(H2,15,16,17). The van der Waals surface area contributed by atoms with Crippen molar-refractivity contribution in [2.45, 2.75) is 52.5 Å². The van der Waals surface area contributed by atoms with Crippen LogP contribution in [0.4, 0.5) is 11.6 Å². The molecule has 100 valence electrons. The van der Waals surface area contributed by atoms with Gasteiger partial charge in [0.15, 0.2) is 0 Å². The fraction of sp³-hybridized carbons (Fsp3) is 0.714. The van der Waals surface area contributed by atoms with Gasteiger partial charge in [-0.2, -0.15) is 0 Å². The topological polar surface area (TPSA) is 55.0 Å². The summed E-state index contributed by atoms with van der Waals surface area (Å²) in [6.07, 6.45) is 4.28. The summed E-state index contributed by atoms with van der Waals surface area (Å²) in [5.41, 5.74) is 7.12. The molecule has 0 amide bonds. The van der Waals surface area contributed by atoms with Gasteiger partial charge in [-0.15, -0.1) is 0 Å². The molecule has 0 bridgehead atoms. The Morgan fingerprint density at radius 1 is 1.28 bits per heavy atom. The molecule has 0 aromatic carbocycles. The molecular weight excluding hydrogens is 224 g/mol. The SMILES string of the molecule is CC(C)c1c(N)ncnc1N(CC1CC1)C(C)C. The lowest BCUT2D eigenvalue weighted by Crippen LogP contribution is -2.34. The molecule has 18 heavy (non-hydrogen) atoms. The molecule has 0 atom stereocenters. The Bertz CT molecular complexity index is 410. The number of hydrogen-bond acceptors (Lipinski definition) is 4. The van der Waals surface area contributed by atoms with Crippen molar-refractivity contribution >= 4 is 11.6 Å². The minimum atomic E-state index is 0.349. The Kier molecular flexibility index (Phi) is 3.73. The van der Waals surface area contributed by atoms with E-state index < -0.39 is 0 Å². The smallest absolute Gasteiger partial charge is 0.137 e. The number of nitrogens with two attached hydrogens (primary N) is 1. The van der Waals surface area contributed by atoms with Crippen molar-refractivity contribution in [2.75, 3.05) is 17.2 Å². The van der Waals surface area contributed by atoms with Gasteiger partial charge in [0, 0.05) is 18.2 Å². The van der Waals surface area contributed by atoms with Gasteiger partial charge >= 0.3 is 0 Å². The van der Waals surface area contributed by atoms with E-state index in [-0.39, 0.29) is 0 Å². The summed E-state index contributed by atoms with van der Waals surface area (Å²) in [5, 5.41) is 0. The van der Waals surface area contributed by atoms with E-state index in [9.17, 15) is 0 Å². The van der Waals surface area contributed by atoms with E-state index in [0.717, 1.165) is 23.8 Å². The zero-order valence-electron chi connectivity index (χ0n) is 11.8. The third-order valence-corrected chi connectivity index (χ3v) is 3.52. The van der Waals surface area contributed by atoms with E-state index in [2.05, 4.69) is 42.6 Å². The first-order valence-electron chi connectivity index (χ1n) is 6.87. The molecule has 0 radical (unpaired) electrons. The Balaban J connectivity index is 2.36. The maximum atomic E-state index is 6.03. The highest BCUT2D eigenvalue weighted by Crippen LogP contribution is 2.35. The van der Waals surface area contributed by atoms with E-state index in [1.165, 1.54) is 12.8 Å². The third-order valence-electron chi connectivity index (χ3n) is 3.52. The molecular formula is C14H24N4. The number of nitrogen functional groups attached to an aromatic ring is 1. The first kappa shape index (κ1) is 13.1. The van der Waals surface area contributed by atoms with Crippen LogP contribution >= 0.6 is 0 Å². The second-order valence-electron chi connectivity index (χ2n) is 5.84. The minimum absolute atomic E-state index is 0.349. The maximum absolute atomic E-state index is 6.03. The number of hydrogen-bond donors (Lipinski definition) is 1. The molecule has 2 N–H and O–H groups in total. The van der Waals surface area contributed by atoms with Crippen LogP contribution in [-0.2, 0) is 0 Å². The van der Waals surface area contributed by atoms with Gasteiger partial charge < -0.3 is 10.6 Å². The molecule has 1 aliphatic rings. The van der Waals surface area contributed by atoms with Gasteiger partial charge in [-0.3, -0.25) is 0 Å². The number of aromatic nitrogens is 2. The average molecular weight is 248 g/mol. The minimum Gasteiger partial charge on any atom is -0.383 e. The summed E-state index contributed by atoms with van der Waals surface area (Å²) >= 11 is 0. The van der Waals surface area contributed by atoms with Crippen molar-refractivity contribution < 1.29 is 0 Å². The van der Waals surface area contributed by atoms with Crippen LogP contribution in [-0.4, -0.2) is 22.6 Å². The Morgan fingerprint density at radius 2 is 1.94 bits per heavy atom. The molecule has 1 heterocycles. The summed E-state index contributed by atoms with van der Waals surface area (Å²) in [5.74, 6) is 2.83. The number of anilines is 2. The van der Waals surface area contributed by atoms with Crippen molar-refractivity contribution in [3.8, 4) is 0 Å². The van der Waals surface area contributed by atoms with Crippen LogP contribution in [0.25, 0.3) is 0 Å². The molecule has 1 saturated carbocycles. The fourth-order valence-electron chi connectivity index (χ4n) is 2.30. The van der Waals surface area contributed by atoms with Crippen molar-refractivity contribution in [3.63, 3.8) is 0 Å². The van der Waals surface area contributed by atoms with Crippen LogP contribution in [0.3, 0.4) is 0 Å². The predicted octanol–water partition coefficient (Wildman–Crippen LogP) is 2.81. The highest BCUT2D eigenvalue weighted by Gasteiger charge is 2.28. The van der Waals surface area contributed by atoms with Crippen molar-refractivity contribution in [1.82, 2.24) is 9.97 Å². The van der Waals surface area contributed by atoms with Crippen molar-refractivity contribution in [3.05, 3.63) is 11.9 Å². The predicted molar refractivity (Wildman–Crippen MR) is 75.7 cm³/mol. The van der Waals surface area contributed by atoms with Crippen molar-refractivity contribution in [2.24, 2.45) is 5.92 Å². The van der Waals surface area contributed by atoms with Crippen LogP contribution in [0.2, 0.25) is 0 Å². The van der Waals surface area contributed by atoms with Crippen LogP contribution in [0.5, 0.6) is 0 Å². The molecule has 4 nitrogen and oxygen atoms in total. The summed E-state index contributed by atoms with van der Waals surface area (Å²) < 4.78 is 0. The normalized spacial score (nSPS) is 15.4. The number of rotatable bonds is 5. The van der Waals surface area contributed by atoms with E-state index in [4.69, 9.17) is 5.73 Å². The van der Waals surface area contributed by atoms with E-state index in [1.54, 1.807) is 6.33 Å². The molecule has 1 aromatic heterocycles. The second-order valence-corrected chi connectivity index (χ2v) is 5.84. The molecule has 0 spiro atoms. The van der Waals surface area contributed by atoms with Crippen molar-refractivity contribution in [1.29, 1.82) is 0 Å². The lowest BCUT2D eigenvalue weighted by Gasteiger charge is -2.30. The molecule has 2 rings (SSSR count). The number of nitrogens with zero attached hydrogens (tertiary/aromatic N) is 3. The molecule has 0 aliphatic heterocycles. The van der Waals surface area contributed by atoms with Gasteiger partial charge in [0.1, 0.15) is 18.0 Å². The Labute approximate surface area is 110 Å². The van der Waals surface area contributed by atoms with E-state index in [0.29, 0.717) is 17.8 Å². The maximum Gasteiger partial charge on any atom is 0.137 e. The first-order valence-corrected chi connectivity index (χ1v) is 6.87. The average Bonchev–Trinajstić information content (AvgIpc) is 3.08. The molecule has 1 fully saturated rings. The Hall–Kier alpha value is -1.32. The molecule has 4 heteroatoms. The van der Waals surface area contributed by atoms with Crippen LogP contribution in [0.15, 0.2) is 6.33 Å². The van der Waals surface area contributed by atoms with Crippen LogP contribution < -0.4 is 10.6 Å². The lowest BCUT2D eigenvalue weighted by molar-refractivity contribution is 0.629. The first-order chi connectivity index (χ1) is 8.50. The van der Waals surface area contributed by atoms with Gasteiger partial charge in [0.2, 0.25) is 0 Å². The highest BCUT2D eigenvalue weighted by molar-refractivity contribution is 5.58. The highest BCUT2D eigenvalue weighted by atomic mass is 15.2. The quantitative estimate of drug-likeness (QED) is 0.870. The zero-order valence-corrected chi connectivity index (χ0v) is 11.8. The van der Waals surface area contributed by atoms with Gasteiger partial charge in [0.25, 0.3) is 0 Å². The van der Waals surface area contributed by atoms with Gasteiger partial charge in [-0.05, 0) is 38.5 Å². The summed E-state index contributed by atoms with van der Waals surface area (Å²) in [6, 6.07) is 0.442. The Morgan fingerprint density at radius 3 is 2.44 bits per heavy atom. The van der Waals surface area contributed by atoms with E-state index >= 15 is 0 Å². The largest absolute Gasteiger partial charge is 0.383 e. The zero-order chi connectivity index (χ0) is 13.3. The molecule has 0 saturated heterocycles. The van der Waals surface area contributed by atoms with Gasteiger partial charge in [-0.1, -0.05) is 13.8 Å². The second kappa shape index (κ2) is 5.12. The fourth-order valence-corrected chi connectivity index (χ4v) is 2.30. The van der Waals surface area contributed by atoms with Gasteiger partial charge in [0.05, 0.1) is 0 Å². The van der Waals surface area contributed by atoms with Gasteiger partial charge in [-0.25, -0.2) is 9.97 Å². The molecule has 1 aliphatic carbocycles. The van der Waals surface area contributed by atoms with Crippen LogP contribution in [0, 0.1) is 5.92 Å². The van der Waals surface area contributed by atoms with Crippen LogP contribution in [0.1, 0.15) is 52.0 Å². The summed E-state index contributed by atoms with van der Waals surface area (Å²) in [7, 11) is 0. The monoisotopic (exact) mass is 248 g/mol. The summed E-state index contributed by atoms with van der Waals surface area (Å²) in [4.78, 5) is 11.0. The van der Waals surface area contributed by atoms with E-state index in [1.807, 2.05) is 0 Å². The summed E-state index contributed by atoms with van der Waals surface area (Å²) in [6.45, 7) is 9.81. The third kappa shape index (κ3) is 2.74. The lowest BCUT2D eigenvalue weighted by atomic mass is 10.0. The molecule has 1 aromatic rings. The molecule has 0 unspecified atom stereocenters.